The zero-order chi connectivity index (χ0) is 16.2. The molecule has 0 aliphatic carbocycles. The van der Waals surface area contributed by atoms with Gasteiger partial charge < -0.3 is 4.79 Å². The van der Waals surface area contributed by atoms with E-state index in [2.05, 4.69) is 76.9 Å². The smallest absolute Gasteiger partial charge is 0.141 e. The second kappa shape index (κ2) is 7.58. The molecule has 0 N–H and O–H groups in total. The monoisotopic (exact) mass is 419 g/mol. The van der Waals surface area contributed by atoms with Gasteiger partial charge in [0.05, 0.1) is 6.04 Å². The van der Waals surface area contributed by atoms with Gasteiger partial charge in [-0.1, -0.05) is 49.7 Å². The van der Waals surface area contributed by atoms with Crippen LogP contribution in [-0.2, 0) is 24.3 Å². The summed E-state index contributed by atoms with van der Waals surface area (Å²) in [6.45, 7) is 3.90. The summed E-state index contributed by atoms with van der Waals surface area (Å²) in [5.41, 5.74) is 5.16. The van der Waals surface area contributed by atoms with Crippen LogP contribution in [0.2, 0.25) is 0 Å². The molecule has 1 aliphatic rings. The fraction of sp³-hybridized carbons (Fsp3) is 0.350. The predicted octanol–water partition coefficient (Wildman–Crippen LogP) is 4.89. The Balaban J connectivity index is 1.73. The number of rotatable bonds is 6. The lowest BCUT2D eigenvalue weighted by Gasteiger charge is -2.21. The molecule has 1 atom stereocenters. The number of unbranched alkanes of at least 4 members (excludes halogenated alkanes) is 1. The second-order valence-corrected chi connectivity index (χ2v) is 7.38. The molecule has 0 amide bonds. The van der Waals surface area contributed by atoms with E-state index in [0.29, 0.717) is 0 Å². The number of hydrogen-bond donors (Lipinski definition) is 0. The summed E-state index contributed by atoms with van der Waals surface area (Å²) in [7, 11) is 0. The number of aldehydes is 1. The molecule has 0 fully saturated rings. The van der Waals surface area contributed by atoms with E-state index in [1.807, 2.05) is 0 Å². The molecule has 0 radical (unpaired) electrons. The van der Waals surface area contributed by atoms with Crippen LogP contribution in [0, 0.1) is 3.57 Å². The molecule has 1 aliphatic heterocycles. The lowest BCUT2D eigenvalue weighted by molar-refractivity contribution is -0.112. The Morgan fingerprint density at radius 1 is 1.17 bits per heavy atom. The van der Waals surface area contributed by atoms with E-state index in [1.54, 1.807) is 0 Å². The third-order valence-corrected chi connectivity index (χ3v) is 5.50. The van der Waals surface area contributed by atoms with E-state index < -0.39 is 0 Å². The first kappa shape index (κ1) is 16.7. The molecule has 0 saturated heterocycles. The number of carbonyl (C=O) groups excluding carboxylic acids is 1. The number of carbonyl (C=O) groups is 1. The fourth-order valence-electron chi connectivity index (χ4n) is 3.29. The van der Waals surface area contributed by atoms with Crippen LogP contribution in [0.15, 0.2) is 42.5 Å². The van der Waals surface area contributed by atoms with Crippen molar-refractivity contribution >= 4 is 28.9 Å². The molecule has 0 aromatic heterocycles. The van der Waals surface area contributed by atoms with Crippen molar-refractivity contribution in [3.8, 4) is 0 Å². The number of nitrogens with zero attached hydrogens (tertiary/aromatic N) is 1. The van der Waals surface area contributed by atoms with Gasteiger partial charge in [0.15, 0.2) is 0 Å². The lowest BCUT2D eigenvalue weighted by Crippen LogP contribution is -2.23. The van der Waals surface area contributed by atoms with Gasteiger partial charge in [-0.2, -0.15) is 0 Å². The molecule has 2 nitrogen and oxygen atoms in total. The first-order valence-electron chi connectivity index (χ1n) is 8.27. The van der Waals surface area contributed by atoms with Gasteiger partial charge in [0.25, 0.3) is 0 Å². The van der Waals surface area contributed by atoms with Gasteiger partial charge in [-0.3, -0.25) is 4.90 Å². The van der Waals surface area contributed by atoms with Crippen molar-refractivity contribution in [1.29, 1.82) is 0 Å². The molecule has 3 rings (SSSR count). The number of aryl methyl sites for hydroxylation is 1. The first-order chi connectivity index (χ1) is 11.2. The van der Waals surface area contributed by atoms with Crippen molar-refractivity contribution in [1.82, 2.24) is 4.90 Å². The summed E-state index contributed by atoms with van der Waals surface area (Å²) < 4.78 is 1.19. The summed E-state index contributed by atoms with van der Waals surface area (Å²) in [4.78, 5) is 13.9. The van der Waals surface area contributed by atoms with Gasteiger partial charge in [-0.05, 0) is 63.8 Å². The maximum absolute atomic E-state index is 11.7. The zero-order valence-electron chi connectivity index (χ0n) is 13.5. The molecule has 2 aromatic carbocycles. The molecule has 2 aromatic rings. The van der Waals surface area contributed by atoms with Gasteiger partial charge in [0.2, 0.25) is 0 Å². The van der Waals surface area contributed by atoms with Crippen molar-refractivity contribution in [2.24, 2.45) is 0 Å². The molecule has 1 heterocycles. The largest absolute Gasteiger partial charge is 0.301 e. The minimum Gasteiger partial charge on any atom is -0.301 e. The highest BCUT2D eigenvalue weighted by Gasteiger charge is 2.31. The summed E-state index contributed by atoms with van der Waals surface area (Å²) >= 11 is 2.34. The topological polar surface area (TPSA) is 20.3 Å². The van der Waals surface area contributed by atoms with Crippen LogP contribution < -0.4 is 0 Å². The molecule has 23 heavy (non-hydrogen) atoms. The molecule has 120 valence electrons. The van der Waals surface area contributed by atoms with Crippen molar-refractivity contribution in [3.63, 3.8) is 0 Å². The average molecular weight is 419 g/mol. The number of benzene rings is 2. The SMILES string of the molecule is CCCCc1ccc(CN2Cc3cccc(I)c3C2C=O)cc1. The van der Waals surface area contributed by atoms with Crippen molar-refractivity contribution in [3.05, 3.63) is 68.3 Å². The minimum atomic E-state index is -0.113. The van der Waals surface area contributed by atoms with E-state index in [0.717, 1.165) is 25.8 Å². The van der Waals surface area contributed by atoms with Crippen LogP contribution in [-0.4, -0.2) is 11.2 Å². The molecular weight excluding hydrogens is 397 g/mol. The van der Waals surface area contributed by atoms with Crippen LogP contribution in [0.4, 0.5) is 0 Å². The van der Waals surface area contributed by atoms with Gasteiger partial charge in [0.1, 0.15) is 6.29 Å². The first-order valence-corrected chi connectivity index (χ1v) is 9.35. The van der Waals surface area contributed by atoms with E-state index >= 15 is 0 Å². The Hall–Kier alpha value is -1.20. The molecule has 0 spiro atoms. The van der Waals surface area contributed by atoms with Gasteiger partial charge in [-0.15, -0.1) is 0 Å². The molecule has 0 bridgehead atoms. The third-order valence-electron chi connectivity index (χ3n) is 4.56. The average Bonchev–Trinajstić information content (AvgIpc) is 2.92. The predicted molar refractivity (Wildman–Crippen MR) is 102 cm³/mol. The standard InChI is InChI=1S/C20H22INO/c1-2-3-5-15-8-10-16(11-9-15)12-22-13-17-6-4-7-18(21)20(17)19(22)14-23/h4,6-11,14,19H,2-3,5,12-13H2,1H3. The Labute approximate surface area is 152 Å². The second-order valence-electron chi connectivity index (χ2n) is 6.22. The van der Waals surface area contributed by atoms with E-state index in [4.69, 9.17) is 0 Å². The van der Waals surface area contributed by atoms with Crippen LogP contribution in [0.1, 0.15) is 48.1 Å². The lowest BCUT2D eigenvalue weighted by atomic mass is 10.1. The number of hydrogen-bond acceptors (Lipinski definition) is 2. The van der Waals surface area contributed by atoms with Gasteiger partial charge in [0, 0.05) is 16.7 Å². The summed E-state index contributed by atoms with van der Waals surface area (Å²) in [6.07, 6.45) is 4.71. The maximum atomic E-state index is 11.7. The Morgan fingerprint density at radius 3 is 2.61 bits per heavy atom. The van der Waals surface area contributed by atoms with Gasteiger partial charge in [-0.25, -0.2) is 0 Å². The number of fused-ring (bicyclic) bond motifs is 1. The van der Waals surface area contributed by atoms with Crippen molar-refractivity contribution < 1.29 is 4.79 Å². The third kappa shape index (κ3) is 3.66. The van der Waals surface area contributed by atoms with Crippen LogP contribution >= 0.6 is 22.6 Å². The van der Waals surface area contributed by atoms with Crippen LogP contribution in [0.25, 0.3) is 0 Å². The molecular formula is C20H22INO. The van der Waals surface area contributed by atoms with Crippen molar-refractivity contribution in [2.75, 3.05) is 0 Å². The fourth-order valence-corrected chi connectivity index (χ4v) is 4.16. The Morgan fingerprint density at radius 2 is 1.91 bits per heavy atom. The number of halogens is 1. The molecule has 0 saturated carbocycles. The highest BCUT2D eigenvalue weighted by atomic mass is 127. The highest BCUT2D eigenvalue weighted by molar-refractivity contribution is 14.1. The Bertz CT molecular complexity index is 681. The quantitative estimate of drug-likeness (QED) is 0.491. The Kier molecular flexibility index (Phi) is 5.49. The van der Waals surface area contributed by atoms with Crippen LogP contribution in [0.3, 0.4) is 0 Å². The van der Waals surface area contributed by atoms with E-state index in [-0.39, 0.29) is 6.04 Å². The summed E-state index contributed by atoms with van der Waals surface area (Å²) in [6, 6.07) is 15.1. The summed E-state index contributed by atoms with van der Waals surface area (Å²) in [5.74, 6) is 0. The zero-order valence-corrected chi connectivity index (χ0v) is 15.6. The summed E-state index contributed by atoms with van der Waals surface area (Å²) in [5, 5.41) is 0. The molecule has 3 heteroatoms. The highest BCUT2D eigenvalue weighted by Crippen LogP contribution is 2.36. The van der Waals surface area contributed by atoms with E-state index in [1.165, 1.54) is 38.7 Å². The van der Waals surface area contributed by atoms with Crippen molar-refractivity contribution in [2.45, 2.75) is 45.3 Å². The normalized spacial score (nSPS) is 17.2. The maximum Gasteiger partial charge on any atom is 0.141 e. The van der Waals surface area contributed by atoms with E-state index in [9.17, 15) is 4.79 Å². The van der Waals surface area contributed by atoms with Crippen LogP contribution in [0.5, 0.6) is 0 Å². The minimum absolute atomic E-state index is 0.113. The van der Waals surface area contributed by atoms with Gasteiger partial charge >= 0.3 is 0 Å². The molecule has 1 unspecified atom stereocenters.